The molecule has 216 valence electrons. The lowest BCUT2D eigenvalue weighted by molar-refractivity contribution is -0.527. The standard InChI is InChI=1S/C37H52ClN2/c1-7-11-23-39(24-12-8-2)35-21-19-31(27-29(35)5)37(33-17-15-16-18-34(33)38)32-20-22-36(30(6)28-32)40(25-13-9-3)26-14-10-4/h15-22,27-28H,7-14,23-26H2,1-6H3/q+1. The molecule has 0 N–H and O–H groups in total. The van der Waals surface area contributed by atoms with Crippen molar-refractivity contribution in [3.05, 3.63) is 93.6 Å². The third kappa shape index (κ3) is 8.46. The van der Waals surface area contributed by atoms with Gasteiger partial charge in [0.2, 0.25) is 5.71 Å². The van der Waals surface area contributed by atoms with Gasteiger partial charge in [-0.1, -0.05) is 89.2 Å². The Balaban J connectivity index is 2.12. The van der Waals surface area contributed by atoms with Gasteiger partial charge in [-0.2, -0.15) is 0 Å². The van der Waals surface area contributed by atoms with E-state index in [1.807, 2.05) is 12.1 Å². The van der Waals surface area contributed by atoms with Gasteiger partial charge in [-0.3, -0.25) is 0 Å². The first-order valence-corrected chi connectivity index (χ1v) is 16.2. The fourth-order valence-corrected chi connectivity index (χ4v) is 5.80. The highest BCUT2D eigenvalue weighted by atomic mass is 35.5. The lowest BCUT2D eigenvalue weighted by Gasteiger charge is -2.27. The van der Waals surface area contributed by atoms with Crippen LogP contribution in [0.3, 0.4) is 0 Å². The second kappa shape index (κ2) is 16.6. The van der Waals surface area contributed by atoms with E-state index >= 15 is 0 Å². The molecule has 0 aliphatic heterocycles. The summed E-state index contributed by atoms with van der Waals surface area (Å²) in [6.45, 7) is 18.1. The molecule has 0 amide bonds. The molecule has 40 heavy (non-hydrogen) atoms. The Kier molecular flexibility index (Phi) is 13.3. The van der Waals surface area contributed by atoms with Gasteiger partial charge in [-0.15, -0.1) is 0 Å². The van der Waals surface area contributed by atoms with Crippen molar-refractivity contribution >= 4 is 28.6 Å². The van der Waals surface area contributed by atoms with Crippen molar-refractivity contribution in [2.24, 2.45) is 0 Å². The van der Waals surface area contributed by atoms with Gasteiger partial charge in [-0.25, -0.2) is 4.58 Å². The number of allylic oxidation sites excluding steroid dienone is 5. The number of nitrogens with zero attached hydrogens (tertiary/aromatic N) is 2. The average molecular weight is 560 g/mol. The number of rotatable bonds is 15. The van der Waals surface area contributed by atoms with Crippen LogP contribution in [0.1, 0.15) is 103 Å². The van der Waals surface area contributed by atoms with E-state index in [9.17, 15) is 0 Å². The summed E-state index contributed by atoms with van der Waals surface area (Å²) in [6.07, 6.45) is 16.8. The van der Waals surface area contributed by atoms with Gasteiger partial charge in [0.25, 0.3) is 0 Å². The fourth-order valence-electron chi connectivity index (χ4n) is 5.57. The number of hydrogen-bond acceptors (Lipinski definition) is 1. The van der Waals surface area contributed by atoms with Crippen LogP contribution in [0.15, 0.2) is 71.8 Å². The summed E-state index contributed by atoms with van der Waals surface area (Å²) in [6, 6.07) is 15.3. The smallest absolute Gasteiger partial charge is 0.202 e. The molecule has 1 aliphatic carbocycles. The number of hydrogen-bond donors (Lipinski definition) is 0. The fraction of sp³-hybridized carbons (Fsp3) is 0.486. The van der Waals surface area contributed by atoms with E-state index in [1.54, 1.807) is 0 Å². The van der Waals surface area contributed by atoms with E-state index in [4.69, 9.17) is 11.6 Å². The van der Waals surface area contributed by atoms with Gasteiger partial charge in [0, 0.05) is 53.9 Å². The molecule has 0 unspecified atom stereocenters. The Bertz CT molecular complexity index is 1210. The summed E-state index contributed by atoms with van der Waals surface area (Å²) in [5.41, 5.74) is 10.1. The Morgan fingerprint density at radius 1 is 0.775 bits per heavy atom. The molecule has 0 spiro atoms. The topological polar surface area (TPSA) is 6.25 Å². The number of anilines is 1. The summed E-state index contributed by atoms with van der Waals surface area (Å²) >= 11 is 6.85. The molecule has 0 bridgehead atoms. The lowest BCUT2D eigenvalue weighted by Crippen LogP contribution is -2.26. The molecule has 2 aromatic rings. The molecule has 0 heterocycles. The van der Waals surface area contributed by atoms with Crippen LogP contribution in [0.2, 0.25) is 5.02 Å². The summed E-state index contributed by atoms with van der Waals surface area (Å²) in [7, 11) is 0. The quantitative estimate of drug-likeness (QED) is 0.197. The molecule has 0 saturated carbocycles. The zero-order chi connectivity index (χ0) is 28.9. The first-order valence-electron chi connectivity index (χ1n) is 15.8. The van der Waals surface area contributed by atoms with Crippen molar-refractivity contribution in [2.45, 2.75) is 92.9 Å². The highest BCUT2D eigenvalue weighted by molar-refractivity contribution is 6.32. The van der Waals surface area contributed by atoms with Crippen molar-refractivity contribution in [3.8, 4) is 0 Å². The Hall–Kier alpha value is -2.58. The SMILES string of the molecule is CCCCN(CCCC)c1ccc(C(=C2C=CC(=[N+](CCCC)CCCC)C(C)=C2)c2ccccc2Cl)cc1C. The van der Waals surface area contributed by atoms with Crippen molar-refractivity contribution in [1.82, 2.24) is 0 Å². The molecule has 0 radical (unpaired) electrons. The van der Waals surface area contributed by atoms with Gasteiger partial charge in [-0.05, 0) is 79.3 Å². The summed E-state index contributed by atoms with van der Waals surface area (Å²) in [5.74, 6) is 0. The first kappa shape index (κ1) is 31.9. The lowest BCUT2D eigenvalue weighted by atomic mass is 9.88. The van der Waals surface area contributed by atoms with Crippen LogP contribution in [0.4, 0.5) is 5.69 Å². The van der Waals surface area contributed by atoms with Gasteiger partial charge in [0.1, 0.15) is 13.1 Å². The summed E-state index contributed by atoms with van der Waals surface area (Å²) in [4.78, 5) is 2.58. The largest absolute Gasteiger partial charge is 0.371 e. The molecule has 0 fully saturated rings. The molecule has 0 aromatic heterocycles. The maximum absolute atomic E-state index is 6.85. The number of unbranched alkanes of at least 4 members (excludes halogenated alkanes) is 4. The average Bonchev–Trinajstić information content (AvgIpc) is 2.95. The maximum atomic E-state index is 6.85. The maximum Gasteiger partial charge on any atom is 0.202 e. The van der Waals surface area contributed by atoms with E-state index in [2.05, 4.69) is 99.6 Å². The van der Waals surface area contributed by atoms with E-state index < -0.39 is 0 Å². The third-order valence-electron chi connectivity index (χ3n) is 7.92. The second-order valence-corrected chi connectivity index (χ2v) is 11.7. The van der Waals surface area contributed by atoms with Crippen LogP contribution in [0, 0.1) is 6.92 Å². The Morgan fingerprint density at radius 2 is 1.40 bits per heavy atom. The van der Waals surface area contributed by atoms with Crippen LogP contribution >= 0.6 is 11.6 Å². The normalized spacial score (nSPS) is 14.4. The number of aryl methyl sites for hydroxylation is 1. The summed E-state index contributed by atoms with van der Waals surface area (Å²) < 4.78 is 2.58. The van der Waals surface area contributed by atoms with Gasteiger partial charge in [0.05, 0.1) is 0 Å². The molecule has 2 aromatic carbocycles. The predicted molar refractivity (Wildman–Crippen MR) is 178 cm³/mol. The van der Waals surface area contributed by atoms with E-state index in [0.717, 1.165) is 36.8 Å². The Labute approximate surface area is 250 Å². The number of benzene rings is 2. The molecular weight excluding hydrogens is 508 g/mol. The zero-order valence-corrected chi connectivity index (χ0v) is 26.8. The van der Waals surface area contributed by atoms with Crippen molar-refractivity contribution in [3.63, 3.8) is 0 Å². The predicted octanol–water partition coefficient (Wildman–Crippen LogP) is 10.4. The van der Waals surface area contributed by atoms with Crippen LogP contribution < -0.4 is 4.90 Å². The minimum atomic E-state index is 0.793. The minimum Gasteiger partial charge on any atom is -0.371 e. The molecular formula is C37H52ClN2+. The summed E-state index contributed by atoms with van der Waals surface area (Å²) in [5, 5.41) is 0.793. The van der Waals surface area contributed by atoms with Crippen LogP contribution in [-0.2, 0) is 0 Å². The van der Waals surface area contributed by atoms with E-state index in [0.29, 0.717) is 0 Å². The third-order valence-corrected chi connectivity index (χ3v) is 8.25. The second-order valence-electron chi connectivity index (χ2n) is 11.2. The molecule has 1 aliphatic rings. The van der Waals surface area contributed by atoms with Crippen LogP contribution in [-0.4, -0.2) is 36.5 Å². The number of halogens is 1. The van der Waals surface area contributed by atoms with Crippen molar-refractivity contribution in [2.75, 3.05) is 31.1 Å². The van der Waals surface area contributed by atoms with Crippen LogP contribution in [0.25, 0.3) is 5.57 Å². The van der Waals surface area contributed by atoms with E-state index in [-0.39, 0.29) is 0 Å². The van der Waals surface area contributed by atoms with Crippen molar-refractivity contribution in [1.29, 1.82) is 0 Å². The van der Waals surface area contributed by atoms with Gasteiger partial charge < -0.3 is 4.90 Å². The molecule has 3 rings (SSSR count). The highest BCUT2D eigenvalue weighted by Gasteiger charge is 2.21. The molecule has 0 saturated heterocycles. The minimum absolute atomic E-state index is 0.793. The molecule has 3 heteroatoms. The monoisotopic (exact) mass is 559 g/mol. The molecule has 0 atom stereocenters. The van der Waals surface area contributed by atoms with Gasteiger partial charge >= 0.3 is 0 Å². The Morgan fingerprint density at radius 3 is 1.95 bits per heavy atom. The zero-order valence-electron chi connectivity index (χ0n) is 26.0. The van der Waals surface area contributed by atoms with E-state index in [1.165, 1.54) is 90.6 Å². The van der Waals surface area contributed by atoms with Crippen molar-refractivity contribution < 1.29 is 4.58 Å². The molecule has 2 nitrogen and oxygen atoms in total. The van der Waals surface area contributed by atoms with Crippen LogP contribution in [0.5, 0.6) is 0 Å². The highest BCUT2D eigenvalue weighted by Crippen LogP contribution is 2.36. The first-order chi connectivity index (χ1) is 19.4. The van der Waals surface area contributed by atoms with Gasteiger partial charge in [0.15, 0.2) is 0 Å².